The molecule has 0 aromatic carbocycles. The maximum Gasteiger partial charge on any atom is 0.255 e. The van der Waals surface area contributed by atoms with Gasteiger partial charge in [-0.15, -0.1) is 0 Å². The standard InChI is InChI=1S/C27H28FN7O3/c1-27(2,37)24(28)14-31-26(36)21-4-5-22(23-6-3-19-9-17(11-29)12-32-35(19)23)34-25(21)33-18-7-16(8-18)10-20-13-30-15-38-20/h3-6,9,12-13,15-16,18,24,37H,7-8,10,14H2,1-2H3,(H,31,36)(H,33,34)/t16?,18?,24-/m1/s1. The van der Waals surface area contributed by atoms with E-state index in [-0.39, 0.29) is 18.2 Å². The highest BCUT2D eigenvalue weighted by Gasteiger charge is 2.32. The lowest BCUT2D eigenvalue weighted by Crippen LogP contribution is -2.42. The molecule has 4 aromatic rings. The third kappa shape index (κ3) is 5.35. The zero-order valence-electron chi connectivity index (χ0n) is 21.1. The van der Waals surface area contributed by atoms with Gasteiger partial charge in [-0.2, -0.15) is 10.4 Å². The van der Waals surface area contributed by atoms with Gasteiger partial charge in [-0.3, -0.25) is 4.79 Å². The summed E-state index contributed by atoms with van der Waals surface area (Å²) < 4.78 is 21.3. The lowest BCUT2D eigenvalue weighted by Gasteiger charge is -2.36. The summed E-state index contributed by atoms with van der Waals surface area (Å²) in [5, 5.41) is 29.3. The molecule has 1 aliphatic carbocycles. The van der Waals surface area contributed by atoms with E-state index in [1.165, 1.54) is 26.4 Å². The Balaban J connectivity index is 1.38. The second-order valence-electron chi connectivity index (χ2n) is 10.2. The molecule has 0 radical (unpaired) electrons. The Morgan fingerprint density at radius 2 is 2.13 bits per heavy atom. The molecule has 11 heteroatoms. The Kier molecular flexibility index (Phi) is 6.82. The molecule has 1 atom stereocenters. The molecule has 0 spiro atoms. The van der Waals surface area contributed by atoms with Gasteiger partial charge in [0.05, 0.1) is 52.6 Å². The van der Waals surface area contributed by atoms with Crippen molar-refractivity contribution in [2.75, 3.05) is 11.9 Å². The molecule has 3 N–H and O–H groups in total. The Hall–Kier alpha value is -4.30. The number of hydrogen-bond donors (Lipinski definition) is 3. The lowest BCUT2D eigenvalue weighted by atomic mass is 9.77. The molecule has 1 fully saturated rings. The van der Waals surface area contributed by atoms with Crippen LogP contribution in [0.4, 0.5) is 10.2 Å². The number of pyridine rings is 1. The van der Waals surface area contributed by atoms with E-state index < -0.39 is 17.7 Å². The first kappa shape index (κ1) is 25.4. The van der Waals surface area contributed by atoms with Crippen LogP contribution in [-0.2, 0) is 6.42 Å². The number of rotatable bonds is 9. The molecule has 1 amide bonds. The van der Waals surface area contributed by atoms with E-state index in [1.54, 1.807) is 28.9 Å². The van der Waals surface area contributed by atoms with Gasteiger partial charge in [0, 0.05) is 12.5 Å². The van der Waals surface area contributed by atoms with Gasteiger partial charge in [0.1, 0.15) is 23.8 Å². The quantitative estimate of drug-likeness (QED) is 0.306. The van der Waals surface area contributed by atoms with Crippen LogP contribution < -0.4 is 10.6 Å². The predicted octanol–water partition coefficient (Wildman–Crippen LogP) is 3.53. The normalized spacial score (nSPS) is 18.0. The molecule has 4 heterocycles. The average molecular weight is 518 g/mol. The van der Waals surface area contributed by atoms with E-state index in [0.29, 0.717) is 28.7 Å². The number of aliphatic hydroxyl groups is 1. The molecule has 1 saturated carbocycles. The van der Waals surface area contributed by atoms with Crippen molar-refractivity contribution in [2.24, 2.45) is 5.92 Å². The Labute approximate surface area is 218 Å². The van der Waals surface area contributed by atoms with Crippen LogP contribution in [0.25, 0.3) is 16.9 Å². The summed E-state index contributed by atoms with van der Waals surface area (Å²) in [7, 11) is 0. The van der Waals surface area contributed by atoms with Crippen molar-refractivity contribution >= 4 is 17.2 Å². The smallest absolute Gasteiger partial charge is 0.255 e. The topological polar surface area (TPSA) is 141 Å². The molecule has 10 nitrogen and oxygen atoms in total. The van der Waals surface area contributed by atoms with Crippen molar-refractivity contribution in [2.45, 2.75) is 50.9 Å². The van der Waals surface area contributed by atoms with Crippen molar-refractivity contribution in [1.82, 2.24) is 24.9 Å². The third-order valence-corrected chi connectivity index (χ3v) is 6.79. The van der Waals surface area contributed by atoms with Crippen LogP contribution in [0.5, 0.6) is 0 Å². The van der Waals surface area contributed by atoms with Gasteiger partial charge in [0.2, 0.25) is 0 Å². The number of carbonyl (C=O) groups excluding carboxylic acids is 1. The zero-order valence-corrected chi connectivity index (χ0v) is 21.1. The van der Waals surface area contributed by atoms with E-state index in [4.69, 9.17) is 14.7 Å². The third-order valence-electron chi connectivity index (χ3n) is 6.79. The lowest BCUT2D eigenvalue weighted by molar-refractivity contribution is -0.00177. The highest BCUT2D eigenvalue weighted by molar-refractivity contribution is 5.99. The van der Waals surface area contributed by atoms with Crippen LogP contribution in [0.15, 0.2) is 53.5 Å². The molecule has 0 bridgehead atoms. The van der Waals surface area contributed by atoms with Crippen LogP contribution in [-0.4, -0.2) is 55.0 Å². The van der Waals surface area contributed by atoms with Crippen LogP contribution >= 0.6 is 0 Å². The summed E-state index contributed by atoms with van der Waals surface area (Å²) in [6.45, 7) is 2.38. The Morgan fingerprint density at radius 3 is 2.84 bits per heavy atom. The van der Waals surface area contributed by atoms with Crippen LogP contribution in [0.1, 0.15) is 48.4 Å². The van der Waals surface area contributed by atoms with E-state index in [0.717, 1.165) is 30.5 Å². The molecule has 38 heavy (non-hydrogen) atoms. The zero-order chi connectivity index (χ0) is 26.9. The fourth-order valence-corrected chi connectivity index (χ4v) is 4.52. The maximum absolute atomic E-state index is 14.3. The van der Waals surface area contributed by atoms with Crippen LogP contribution in [0.2, 0.25) is 0 Å². The van der Waals surface area contributed by atoms with E-state index in [9.17, 15) is 14.3 Å². The number of carbonyl (C=O) groups is 1. The van der Waals surface area contributed by atoms with Crippen molar-refractivity contribution in [3.8, 4) is 17.5 Å². The van der Waals surface area contributed by atoms with Gasteiger partial charge in [-0.1, -0.05) is 0 Å². The van der Waals surface area contributed by atoms with Gasteiger partial charge in [0.15, 0.2) is 6.39 Å². The minimum atomic E-state index is -1.63. The number of fused-ring (bicyclic) bond motifs is 1. The predicted molar refractivity (Wildman–Crippen MR) is 137 cm³/mol. The van der Waals surface area contributed by atoms with Crippen molar-refractivity contribution in [1.29, 1.82) is 5.26 Å². The first-order valence-electron chi connectivity index (χ1n) is 12.4. The van der Waals surface area contributed by atoms with Crippen LogP contribution in [0.3, 0.4) is 0 Å². The Bertz CT molecular complexity index is 1480. The second-order valence-corrected chi connectivity index (χ2v) is 10.2. The monoisotopic (exact) mass is 517 g/mol. The van der Waals surface area contributed by atoms with Crippen molar-refractivity contribution in [3.63, 3.8) is 0 Å². The number of anilines is 1. The minimum Gasteiger partial charge on any atom is -0.449 e. The first-order chi connectivity index (χ1) is 18.2. The van der Waals surface area contributed by atoms with Gasteiger partial charge < -0.3 is 20.2 Å². The van der Waals surface area contributed by atoms with Gasteiger partial charge in [0.25, 0.3) is 5.91 Å². The number of alkyl halides is 1. The SMILES string of the molecule is CC(C)(O)[C@H](F)CNC(=O)c1ccc(-c2ccc3cc(C#N)cnn23)nc1NC1CC(Cc2cnco2)C1. The van der Waals surface area contributed by atoms with E-state index in [1.807, 2.05) is 12.1 Å². The van der Waals surface area contributed by atoms with Crippen LogP contribution in [0, 0.1) is 17.2 Å². The second kappa shape index (κ2) is 10.2. The summed E-state index contributed by atoms with van der Waals surface area (Å²) in [4.78, 5) is 21.8. The molecule has 0 saturated heterocycles. The summed E-state index contributed by atoms with van der Waals surface area (Å²) >= 11 is 0. The number of oxazole rings is 1. The Morgan fingerprint density at radius 1 is 1.32 bits per heavy atom. The number of hydrogen-bond acceptors (Lipinski definition) is 8. The van der Waals surface area contributed by atoms with Crippen molar-refractivity contribution in [3.05, 3.63) is 66.0 Å². The average Bonchev–Trinajstić information content (AvgIpc) is 3.54. The molecule has 1 aliphatic rings. The summed E-state index contributed by atoms with van der Waals surface area (Å²) in [6.07, 6.45) is 5.52. The van der Waals surface area contributed by atoms with Gasteiger partial charge >= 0.3 is 0 Å². The maximum atomic E-state index is 14.3. The van der Waals surface area contributed by atoms with Crippen molar-refractivity contribution < 1.29 is 18.7 Å². The largest absolute Gasteiger partial charge is 0.449 e. The highest BCUT2D eigenvalue weighted by atomic mass is 19.1. The molecule has 196 valence electrons. The number of aromatic nitrogens is 4. The fraction of sp³-hybridized carbons (Fsp3) is 0.370. The summed E-state index contributed by atoms with van der Waals surface area (Å²) in [5.41, 5.74) is 1.17. The number of nitrogens with one attached hydrogen (secondary N) is 2. The highest BCUT2D eigenvalue weighted by Crippen LogP contribution is 2.34. The molecule has 4 aromatic heterocycles. The number of halogens is 1. The number of nitriles is 1. The summed E-state index contributed by atoms with van der Waals surface area (Å²) in [6, 6.07) is 11.0. The number of nitrogens with zero attached hydrogens (tertiary/aromatic N) is 5. The molecular weight excluding hydrogens is 489 g/mol. The molecule has 0 aliphatic heterocycles. The fourth-order valence-electron chi connectivity index (χ4n) is 4.52. The first-order valence-corrected chi connectivity index (χ1v) is 12.4. The molecule has 0 unspecified atom stereocenters. The van der Waals surface area contributed by atoms with E-state index in [2.05, 4.69) is 26.8 Å². The number of amides is 1. The summed E-state index contributed by atoms with van der Waals surface area (Å²) in [5.74, 6) is 1.15. The molecular formula is C27H28FN7O3. The van der Waals surface area contributed by atoms with Gasteiger partial charge in [-0.05, 0) is 62.9 Å². The van der Waals surface area contributed by atoms with Gasteiger partial charge in [-0.25, -0.2) is 18.9 Å². The molecule has 5 rings (SSSR count). The van der Waals surface area contributed by atoms with E-state index >= 15 is 0 Å². The minimum absolute atomic E-state index is 0.0999.